The molecular weight excluding hydrogens is 286 g/mol. The molecule has 1 saturated carbocycles. The Morgan fingerprint density at radius 3 is 3.05 bits per heavy atom. The maximum absolute atomic E-state index is 10.4. The topological polar surface area (TPSA) is 32.7 Å². The summed E-state index contributed by atoms with van der Waals surface area (Å²) in [5.74, 6) is 0. The molecule has 2 fully saturated rings. The molecule has 1 aromatic rings. The molecule has 2 aliphatic rings. The van der Waals surface area contributed by atoms with Gasteiger partial charge in [0, 0.05) is 24.2 Å². The Kier molecular flexibility index (Phi) is 5.17. The van der Waals surface area contributed by atoms with E-state index in [1.165, 1.54) is 25.7 Å². The smallest absolute Gasteiger partial charge is 0.0802 e. The number of rotatable bonds is 4. The van der Waals surface area contributed by atoms with Crippen molar-refractivity contribution in [3.8, 4) is 0 Å². The molecule has 1 saturated heterocycles. The van der Waals surface area contributed by atoms with Gasteiger partial charge >= 0.3 is 0 Å². The first-order valence-corrected chi connectivity index (χ1v) is 8.41. The standard InChI is InChI=1S/C17H24ClNO2/c18-14-5-3-4-13(12-14)16(20)8-9-19-10-11-21-17-7-2-1-6-15(17)19/h3-5,12,15-17,20H,1-2,6-11H2. The third-order valence-corrected chi connectivity index (χ3v) is 5.01. The molecule has 0 bridgehead atoms. The molecule has 4 heteroatoms. The summed E-state index contributed by atoms with van der Waals surface area (Å²) in [6.07, 6.45) is 5.75. The summed E-state index contributed by atoms with van der Waals surface area (Å²) < 4.78 is 5.90. The molecule has 1 aliphatic carbocycles. The molecule has 21 heavy (non-hydrogen) atoms. The van der Waals surface area contributed by atoms with E-state index in [0.29, 0.717) is 17.2 Å². The highest BCUT2D eigenvalue weighted by molar-refractivity contribution is 6.30. The molecule has 1 N–H and O–H groups in total. The van der Waals surface area contributed by atoms with Crippen molar-refractivity contribution in [2.24, 2.45) is 0 Å². The number of fused-ring (bicyclic) bond motifs is 1. The van der Waals surface area contributed by atoms with Gasteiger partial charge in [0.1, 0.15) is 0 Å². The van der Waals surface area contributed by atoms with Crippen molar-refractivity contribution in [1.82, 2.24) is 4.90 Å². The van der Waals surface area contributed by atoms with Gasteiger partial charge < -0.3 is 9.84 Å². The van der Waals surface area contributed by atoms with Gasteiger partial charge in [-0.15, -0.1) is 0 Å². The lowest BCUT2D eigenvalue weighted by Crippen LogP contribution is -2.52. The van der Waals surface area contributed by atoms with Gasteiger partial charge in [0.05, 0.1) is 18.8 Å². The number of ether oxygens (including phenoxy) is 1. The minimum Gasteiger partial charge on any atom is -0.388 e. The van der Waals surface area contributed by atoms with Crippen molar-refractivity contribution in [1.29, 1.82) is 0 Å². The number of hydrogen-bond donors (Lipinski definition) is 1. The van der Waals surface area contributed by atoms with Crippen molar-refractivity contribution in [3.63, 3.8) is 0 Å². The van der Waals surface area contributed by atoms with Crippen LogP contribution in [0.2, 0.25) is 5.02 Å². The maximum Gasteiger partial charge on any atom is 0.0802 e. The third-order valence-electron chi connectivity index (χ3n) is 4.77. The van der Waals surface area contributed by atoms with Crippen molar-refractivity contribution in [3.05, 3.63) is 34.9 Å². The Hall–Kier alpha value is -0.610. The zero-order valence-corrected chi connectivity index (χ0v) is 13.1. The van der Waals surface area contributed by atoms with E-state index >= 15 is 0 Å². The molecule has 1 aromatic carbocycles. The van der Waals surface area contributed by atoms with Gasteiger partial charge in [0.2, 0.25) is 0 Å². The molecule has 1 heterocycles. The van der Waals surface area contributed by atoms with Crippen LogP contribution in [0.1, 0.15) is 43.8 Å². The minimum absolute atomic E-state index is 0.413. The Morgan fingerprint density at radius 2 is 2.19 bits per heavy atom. The monoisotopic (exact) mass is 309 g/mol. The summed E-state index contributed by atoms with van der Waals surface area (Å²) in [4.78, 5) is 2.51. The lowest BCUT2D eigenvalue weighted by atomic mass is 9.90. The quantitative estimate of drug-likeness (QED) is 0.925. The first-order chi connectivity index (χ1) is 10.2. The molecule has 0 radical (unpaired) electrons. The lowest BCUT2D eigenvalue weighted by Gasteiger charge is -2.44. The van der Waals surface area contributed by atoms with E-state index in [2.05, 4.69) is 4.90 Å². The average molecular weight is 310 g/mol. The van der Waals surface area contributed by atoms with Crippen LogP contribution in [0.3, 0.4) is 0 Å². The van der Waals surface area contributed by atoms with Crippen LogP contribution in [0.5, 0.6) is 0 Å². The number of nitrogens with zero attached hydrogens (tertiary/aromatic N) is 1. The fraction of sp³-hybridized carbons (Fsp3) is 0.647. The predicted octanol–water partition coefficient (Wildman–Crippen LogP) is 3.41. The van der Waals surface area contributed by atoms with Gasteiger partial charge in [-0.2, -0.15) is 0 Å². The van der Waals surface area contributed by atoms with Gasteiger partial charge in [-0.1, -0.05) is 36.6 Å². The molecule has 0 aromatic heterocycles. The third kappa shape index (κ3) is 3.78. The normalized spacial score (nSPS) is 28.1. The Morgan fingerprint density at radius 1 is 1.33 bits per heavy atom. The fourth-order valence-corrected chi connectivity index (χ4v) is 3.82. The zero-order valence-electron chi connectivity index (χ0n) is 12.4. The molecule has 0 spiro atoms. The number of aliphatic hydroxyl groups is 1. The molecule has 116 valence electrons. The van der Waals surface area contributed by atoms with Crippen molar-refractivity contribution in [2.45, 2.75) is 50.4 Å². The van der Waals surface area contributed by atoms with Crippen molar-refractivity contribution < 1.29 is 9.84 Å². The van der Waals surface area contributed by atoms with Crippen LogP contribution >= 0.6 is 11.6 Å². The van der Waals surface area contributed by atoms with E-state index in [4.69, 9.17) is 16.3 Å². The van der Waals surface area contributed by atoms with Gasteiger partial charge in [0.15, 0.2) is 0 Å². The van der Waals surface area contributed by atoms with E-state index in [9.17, 15) is 5.11 Å². The maximum atomic E-state index is 10.4. The van der Waals surface area contributed by atoms with E-state index in [-0.39, 0.29) is 0 Å². The van der Waals surface area contributed by atoms with Gasteiger partial charge in [-0.05, 0) is 37.0 Å². The summed E-state index contributed by atoms with van der Waals surface area (Å²) in [5, 5.41) is 11.0. The Bertz CT molecular complexity index is 466. The highest BCUT2D eigenvalue weighted by Crippen LogP contribution is 2.29. The van der Waals surface area contributed by atoms with E-state index in [1.54, 1.807) is 0 Å². The summed E-state index contributed by atoms with van der Waals surface area (Å²) in [7, 11) is 0. The van der Waals surface area contributed by atoms with Gasteiger partial charge in [-0.3, -0.25) is 4.90 Å². The summed E-state index contributed by atoms with van der Waals surface area (Å²) in [6.45, 7) is 2.75. The van der Waals surface area contributed by atoms with Crippen LogP contribution < -0.4 is 0 Å². The van der Waals surface area contributed by atoms with E-state index < -0.39 is 6.10 Å². The second-order valence-corrected chi connectivity index (χ2v) is 6.59. The number of hydrogen-bond acceptors (Lipinski definition) is 3. The highest BCUT2D eigenvalue weighted by Gasteiger charge is 2.33. The summed E-state index contributed by atoms with van der Waals surface area (Å²) in [5.41, 5.74) is 0.913. The van der Waals surface area contributed by atoms with Gasteiger partial charge in [-0.25, -0.2) is 0 Å². The second-order valence-electron chi connectivity index (χ2n) is 6.16. The molecule has 3 nitrogen and oxygen atoms in total. The molecule has 3 unspecified atom stereocenters. The van der Waals surface area contributed by atoms with Crippen molar-refractivity contribution >= 4 is 11.6 Å². The largest absolute Gasteiger partial charge is 0.388 e. The van der Waals surface area contributed by atoms with Gasteiger partial charge in [0.25, 0.3) is 0 Å². The first kappa shape index (κ1) is 15.3. The zero-order chi connectivity index (χ0) is 14.7. The van der Waals surface area contributed by atoms with Crippen LogP contribution in [0.4, 0.5) is 0 Å². The van der Waals surface area contributed by atoms with Crippen LogP contribution in [0, 0.1) is 0 Å². The molecule has 1 aliphatic heterocycles. The first-order valence-electron chi connectivity index (χ1n) is 8.03. The Balaban J connectivity index is 1.56. The molecular formula is C17H24ClNO2. The SMILES string of the molecule is OC(CCN1CCOC2CCCCC21)c1cccc(Cl)c1. The van der Waals surface area contributed by atoms with Crippen LogP contribution in [0.25, 0.3) is 0 Å². The molecule has 3 atom stereocenters. The number of aliphatic hydroxyl groups excluding tert-OH is 1. The predicted molar refractivity (Wildman–Crippen MR) is 84.6 cm³/mol. The minimum atomic E-state index is -0.436. The molecule has 3 rings (SSSR count). The van der Waals surface area contributed by atoms with Crippen LogP contribution in [-0.4, -0.2) is 41.8 Å². The van der Waals surface area contributed by atoms with Crippen LogP contribution in [0.15, 0.2) is 24.3 Å². The van der Waals surface area contributed by atoms with E-state index in [0.717, 1.165) is 31.7 Å². The number of morpholine rings is 1. The average Bonchev–Trinajstić information content (AvgIpc) is 2.52. The Labute approximate surface area is 131 Å². The lowest BCUT2D eigenvalue weighted by molar-refractivity contribution is -0.0904. The number of halogens is 1. The highest BCUT2D eigenvalue weighted by atomic mass is 35.5. The summed E-state index contributed by atoms with van der Waals surface area (Å²) >= 11 is 5.99. The van der Waals surface area contributed by atoms with Crippen LogP contribution in [-0.2, 0) is 4.74 Å². The van der Waals surface area contributed by atoms with Crippen molar-refractivity contribution in [2.75, 3.05) is 19.7 Å². The summed E-state index contributed by atoms with van der Waals surface area (Å²) in [6, 6.07) is 8.09. The molecule has 0 amide bonds. The number of benzene rings is 1. The second kappa shape index (κ2) is 7.10. The fourth-order valence-electron chi connectivity index (χ4n) is 3.62. The van der Waals surface area contributed by atoms with E-state index in [1.807, 2.05) is 24.3 Å².